The van der Waals surface area contributed by atoms with E-state index in [0.717, 1.165) is 18.4 Å². The molecule has 0 aromatic carbocycles. The molecule has 0 saturated heterocycles. The summed E-state index contributed by atoms with van der Waals surface area (Å²) in [6, 6.07) is 1.77. The number of carbonyl (C=O) groups excluding carboxylic acids is 1. The topological polar surface area (TPSA) is 62.2 Å². The quantitative estimate of drug-likeness (QED) is 0.892. The predicted molar refractivity (Wildman–Crippen MR) is 83.9 cm³/mol. The molecule has 1 atom stereocenters. The first-order chi connectivity index (χ1) is 9.89. The summed E-state index contributed by atoms with van der Waals surface area (Å²) in [6.45, 7) is 5.63. The molecule has 1 aliphatic carbocycles. The van der Waals surface area contributed by atoms with E-state index in [9.17, 15) is 9.90 Å². The minimum atomic E-state index is -0.547. The van der Waals surface area contributed by atoms with Crippen molar-refractivity contribution in [2.45, 2.75) is 59.0 Å². The van der Waals surface area contributed by atoms with Gasteiger partial charge in [0.15, 0.2) is 0 Å². The van der Waals surface area contributed by atoms with E-state index in [-0.39, 0.29) is 11.8 Å². The summed E-state index contributed by atoms with van der Waals surface area (Å²) in [4.78, 5) is 16.3. The number of aliphatic hydroxyl groups is 1. The number of aliphatic hydroxyl groups excluding tert-OH is 1. The summed E-state index contributed by atoms with van der Waals surface area (Å²) < 4.78 is 0. The van der Waals surface area contributed by atoms with Gasteiger partial charge in [-0.15, -0.1) is 0 Å². The Kier molecular flexibility index (Phi) is 4.99. The molecule has 0 spiro atoms. The van der Waals surface area contributed by atoms with Gasteiger partial charge in [-0.1, -0.05) is 40.0 Å². The highest BCUT2D eigenvalue weighted by Crippen LogP contribution is 2.36. The van der Waals surface area contributed by atoms with Gasteiger partial charge >= 0.3 is 0 Å². The molecule has 1 aromatic heterocycles. The fourth-order valence-corrected chi connectivity index (χ4v) is 2.77. The standard InChI is InChI=1S/C17H26N2O2/c1-17(2,3)16(21)19-14-9-10-18-11-13(14)15(20)12-7-5-4-6-8-12/h9-12,15,20H,4-8H2,1-3H3,(H,18,19,21). The van der Waals surface area contributed by atoms with E-state index >= 15 is 0 Å². The highest BCUT2D eigenvalue weighted by Gasteiger charge is 2.27. The molecule has 2 N–H and O–H groups in total. The van der Waals surface area contributed by atoms with Crippen LogP contribution in [0.25, 0.3) is 0 Å². The number of nitrogens with one attached hydrogen (secondary N) is 1. The predicted octanol–water partition coefficient (Wildman–Crippen LogP) is 3.68. The monoisotopic (exact) mass is 290 g/mol. The number of anilines is 1. The van der Waals surface area contributed by atoms with Gasteiger partial charge in [0.05, 0.1) is 6.10 Å². The van der Waals surface area contributed by atoms with E-state index in [2.05, 4.69) is 10.3 Å². The van der Waals surface area contributed by atoms with Crippen LogP contribution in [-0.4, -0.2) is 16.0 Å². The maximum atomic E-state index is 12.2. The highest BCUT2D eigenvalue weighted by atomic mass is 16.3. The SMILES string of the molecule is CC(C)(C)C(=O)Nc1ccncc1C(O)C1CCCCC1. The molecular weight excluding hydrogens is 264 g/mol. The first-order valence-electron chi connectivity index (χ1n) is 7.83. The van der Waals surface area contributed by atoms with Gasteiger partial charge in [0.1, 0.15) is 0 Å². The second-order valence-electron chi connectivity index (χ2n) is 7.01. The third-order valence-electron chi connectivity index (χ3n) is 4.20. The largest absolute Gasteiger partial charge is 0.388 e. The van der Waals surface area contributed by atoms with Crippen LogP contribution in [-0.2, 0) is 4.79 Å². The number of aromatic nitrogens is 1. The lowest BCUT2D eigenvalue weighted by atomic mass is 9.82. The molecule has 1 amide bonds. The van der Waals surface area contributed by atoms with E-state index in [1.807, 2.05) is 20.8 Å². The molecule has 21 heavy (non-hydrogen) atoms. The molecule has 0 aliphatic heterocycles. The van der Waals surface area contributed by atoms with Gasteiger partial charge in [-0.3, -0.25) is 9.78 Å². The van der Waals surface area contributed by atoms with Gasteiger partial charge in [-0.05, 0) is 24.8 Å². The molecular formula is C17H26N2O2. The highest BCUT2D eigenvalue weighted by molar-refractivity contribution is 5.95. The van der Waals surface area contributed by atoms with E-state index in [1.54, 1.807) is 18.5 Å². The summed E-state index contributed by atoms with van der Waals surface area (Å²) in [5.41, 5.74) is 0.959. The molecule has 4 heteroatoms. The summed E-state index contributed by atoms with van der Waals surface area (Å²) in [5, 5.41) is 13.6. The number of nitrogens with zero attached hydrogens (tertiary/aromatic N) is 1. The van der Waals surface area contributed by atoms with Crippen LogP contribution in [0.1, 0.15) is 64.5 Å². The Balaban J connectivity index is 2.18. The molecule has 1 aliphatic rings. The normalized spacial score (nSPS) is 18.3. The van der Waals surface area contributed by atoms with Crippen molar-refractivity contribution in [2.75, 3.05) is 5.32 Å². The van der Waals surface area contributed by atoms with Crippen molar-refractivity contribution in [2.24, 2.45) is 11.3 Å². The van der Waals surface area contributed by atoms with Crippen molar-refractivity contribution in [1.82, 2.24) is 4.98 Å². The van der Waals surface area contributed by atoms with Crippen LogP contribution in [0.3, 0.4) is 0 Å². The molecule has 1 aromatic rings. The Morgan fingerprint density at radius 2 is 2.00 bits per heavy atom. The van der Waals surface area contributed by atoms with E-state index in [4.69, 9.17) is 0 Å². The number of amides is 1. The lowest BCUT2D eigenvalue weighted by Gasteiger charge is -2.28. The van der Waals surface area contributed by atoms with Gasteiger partial charge in [0.2, 0.25) is 5.91 Å². The molecule has 1 fully saturated rings. The molecule has 1 unspecified atom stereocenters. The van der Waals surface area contributed by atoms with Crippen molar-refractivity contribution < 1.29 is 9.90 Å². The smallest absolute Gasteiger partial charge is 0.229 e. The first kappa shape index (κ1) is 16.0. The number of carbonyl (C=O) groups is 1. The summed E-state index contributed by atoms with van der Waals surface area (Å²) >= 11 is 0. The fraction of sp³-hybridized carbons (Fsp3) is 0.647. The fourth-order valence-electron chi connectivity index (χ4n) is 2.77. The zero-order valence-electron chi connectivity index (χ0n) is 13.2. The maximum absolute atomic E-state index is 12.2. The second-order valence-corrected chi connectivity index (χ2v) is 7.01. The minimum absolute atomic E-state index is 0.0502. The van der Waals surface area contributed by atoms with Crippen LogP contribution in [0.4, 0.5) is 5.69 Å². The van der Waals surface area contributed by atoms with Crippen LogP contribution >= 0.6 is 0 Å². The van der Waals surface area contributed by atoms with E-state index < -0.39 is 11.5 Å². The zero-order valence-corrected chi connectivity index (χ0v) is 13.2. The molecule has 4 nitrogen and oxygen atoms in total. The van der Waals surface area contributed by atoms with Crippen LogP contribution in [0, 0.1) is 11.3 Å². The van der Waals surface area contributed by atoms with Gasteiger partial charge in [0.25, 0.3) is 0 Å². The molecule has 2 rings (SSSR count). The lowest BCUT2D eigenvalue weighted by Crippen LogP contribution is -2.28. The third-order valence-corrected chi connectivity index (χ3v) is 4.20. The Morgan fingerprint density at radius 1 is 1.33 bits per heavy atom. The number of pyridine rings is 1. The summed E-state index contributed by atoms with van der Waals surface area (Å²) in [6.07, 6.45) is 8.47. The molecule has 0 radical (unpaired) electrons. The van der Waals surface area contributed by atoms with Crippen LogP contribution in [0.5, 0.6) is 0 Å². The molecule has 116 valence electrons. The van der Waals surface area contributed by atoms with Crippen LogP contribution in [0.2, 0.25) is 0 Å². The van der Waals surface area contributed by atoms with Crippen molar-refractivity contribution >= 4 is 11.6 Å². The second kappa shape index (κ2) is 6.56. The molecule has 1 saturated carbocycles. The van der Waals surface area contributed by atoms with Gasteiger partial charge < -0.3 is 10.4 Å². The minimum Gasteiger partial charge on any atom is -0.388 e. The van der Waals surface area contributed by atoms with Crippen molar-refractivity contribution in [1.29, 1.82) is 0 Å². The summed E-state index contributed by atoms with van der Waals surface area (Å²) in [7, 11) is 0. The lowest BCUT2D eigenvalue weighted by molar-refractivity contribution is -0.123. The average Bonchev–Trinajstić information content (AvgIpc) is 2.47. The van der Waals surface area contributed by atoms with E-state index in [0.29, 0.717) is 5.69 Å². The Morgan fingerprint density at radius 3 is 2.62 bits per heavy atom. The number of rotatable bonds is 3. The maximum Gasteiger partial charge on any atom is 0.229 e. The zero-order chi connectivity index (χ0) is 15.5. The third kappa shape index (κ3) is 4.03. The Bertz CT molecular complexity index is 488. The van der Waals surface area contributed by atoms with Crippen molar-refractivity contribution in [3.8, 4) is 0 Å². The summed E-state index contributed by atoms with van der Waals surface area (Å²) in [5.74, 6) is 0.221. The number of hydrogen-bond acceptors (Lipinski definition) is 3. The first-order valence-corrected chi connectivity index (χ1v) is 7.83. The average molecular weight is 290 g/mol. The van der Waals surface area contributed by atoms with Gasteiger partial charge in [0, 0.05) is 29.1 Å². The van der Waals surface area contributed by atoms with E-state index in [1.165, 1.54) is 19.3 Å². The van der Waals surface area contributed by atoms with Gasteiger partial charge in [-0.2, -0.15) is 0 Å². The number of hydrogen-bond donors (Lipinski definition) is 2. The van der Waals surface area contributed by atoms with Crippen LogP contribution in [0.15, 0.2) is 18.5 Å². The van der Waals surface area contributed by atoms with Gasteiger partial charge in [-0.25, -0.2) is 0 Å². The molecule has 0 bridgehead atoms. The molecule has 1 heterocycles. The Labute approximate surface area is 127 Å². The Hall–Kier alpha value is -1.42. The van der Waals surface area contributed by atoms with Crippen LogP contribution < -0.4 is 5.32 Å². The van der Waals surface area contributed by atoms with Crippen molar-refractivity contribution in [3.05, 3.63) is 24.0 Å². The van der Waals surface area contributed by atoms with Crippen molar-refractivity contribution in [3.63, 3.8) is 0 Å².